The third kappa shape index (κ3) is 3.16. The lowest BCUT2D eigenvalue weighted by molar-refractivity contribution is 0.0943. The number of hydrogen-bond donors (Lipinski definition) is 3. The van der Waals surface area contributed by atoms with Crippen molar-refractivity contribution in [3.8, 4) is 0 Å². The SMILES string of the molecule is Cl.O=C(NCC1(c2ccc(Cl)cc2)CC1)c1n[nH]c2c1CNCC2. The standard InChI is InChI=1S/C17H19ClN4O.ClH/c18-12-3-1-11(2-4-12)17(6-7-17)10-20-16(23)15-13-9-19-8-5-14(13)21-22-15;/h1-4,19H,5-10H2,(H,20,23)(H,21,22);1H. The molecule has 2 aliphatic rings. The second-order valence-electron chi connectivity index (χ2n) is 6.43. The van der Waals surface area contributed by atoms with Crippen LogP contribution < -0.4 is 10.6 Å². The van der Waals surface area contributed by atoms with Crippen LogP contribution in [-0.4, -0.2) is 29.2 Å². The molecule has 1 amide bonds. The summed E-state index contributed by atoms with van der Waals surface area (Å²) in [5, 5.41) is 14.3. The average Bonchev–Trinajstić information content (AvgIpc) is 3.24. The summed E-state index contributed by atoms with van der Waals surface area (Å²) >= 11 is 5.96. The first-order valence-electron chi connectivity index (χ1n) is 7.99. The maximum Gasteiger partial charge on any atom is 0.272 e. The first kappa shape index (κ1) is 17.3. The molecule has 0 unspecified atom stereocenters. The topological polar surface area (TPSA) is 69.8 Å². The van der Waals surface area contributed by atoms with E-state index in [9.17, 15) is 4.79 Å². The molecule has 0 atom stereocenters. The molecule has 4 rings (SSSR count). The van der Waals surface area contributed by atoms with Crippen molar-refractivity contribution in [1.29, 1.82) is 0 Å². The Hall–Kier alpha value is -1.56. The van der Waals surface area contributed by atoms with Crippen LogP contribution in [0.4, 0.5) is 0 Å². The predicted octanol–water partition coefficient (Wildman–Crippen LogP) is 2.59. The molecule has 24 heavy (non-hydrogen) atoms. The summed E-state index contributed by atoms with van der Waals surface area (Å²) in [6, 6.07) is 7.94. The number of amides is 1. The van der Waals surface area contributed by atoms with Crippen LogP contribution in [0.15, 0.2) is 24.3 Å². The molecule has 0 saturated heterocycles. The maximum absolute atomic E-state index is 12.5. The van der Waals surface area contributed by atoms with E-state index in [2.05, 4.69) is 33.0 Å². The summed E-state index contributed by atoms with van der Waals surface area (Å²) in [5.74, 6) is -0.0913. The highest BCUT2D eigenvalue weighted by Crippen LogP contribution is 2.47. The fourth-order valence-corrected chi connectivity index (χ4v) is 3.39. The van der Waals surface area contributed by atoms with Gasteiger partial charge in [-0.3, -0.25) is 9.89 Å². The van der Waals surface area contributed by atoms with Crippen molar-refractivity contribution in [2.45, 2.75) is 31.2 Å². The van der Waals surface area contributed by atoms with E-state index < -0.39 is 0 Å². The molecular formula is C17H20Cl2N4O. The Morgan fingerprint density at radius 3 is 2.75 bits per heavy atom. The van der Waals surface area contributed by atoms with Crippen LogP contribution in [0.5, 0.6) is 0 Å². The third-order valence-electron chi connectivity index (χ3n) is 4.92. The molecule has 1 aliphatic heterocycles. The van der Waals surface area contributed by atoms with Crippen molar-refractivity contribution in [1.82, 2.24) is 20.8 Å². The van der Waals surface area contributed by atoms with Gasteiger partial charge in [-0.05, 0) is 30.5 Å². The van der Waals surface area contributed by atoms with Crippen molar-refractivity contribution >= 4 is 29.9 Å². The summed E-state index contributed by atoms with van der Waals surface area (Å²) in [6.07, 6.45) is 3.08. The lowest BCUT2D eigenvalue weighted by atomic mass is 9.96. The molecule has 0 bridgehead atoms. The second kappa shape index (κ2) is 6.75. The fraction of sp³-hybridized carbons (Fsp3) is 0.412. The van der Waals surface area contributed by atoms with Gasteiger partial charge in [0.25, 0.3) is 5.91 Å². The number of rotatable bonds is 4. The lowest BCUT2D eigenvalue weighted by Crippen LogP contribution is -2.34. The molecule has 1 saturated carbocycles. The summed E-state index contributed by atoms with van der Waals surface area (Å²) in [4.78, 5) is 12.5. The highest BCUT2D eigenvalue weighted by molar-refractivity contribution is 6.30. The van der Waals surface area contributed by atoms with Gasteiger partial charge < -0.3 is 10.6 Å². The van der Waals surface area contributed by atoms with Crippen molar-refractivity contribution in [2.75, 3.05) is 13.1 Å². The first-order valence-corrected chi connectivity index (χ1v) is 8.37. The predicted molar refractivity (Wildman–Crippen MR) is 95.9 cm³/mol. The van der Waals surface area contributed by atoms with Crippen LogP contribution in [0, 0.1) is 0 Å². The van der Waals surface area contributed by atoms with Crippen molar-refractivity contribution in [3.63, 3.8) is 0 Å². The van der Waals surface area contributed by atoms with Crippen LogP contribution in [-0.2, 0) is 18.4 Å². The van der Waals surface area contributed by atoms with Crippen molar-refractivity contribution < 1.29 is 4.79 Å². The molecule has 7 heteroatoms. The summed E-state index contributed by atoms with van der Waals surface area (Å²) in [6.45, 7) is 2.27. The zero-order chi connectivity index (χ0) is 15.9. The molecule has 0 radical (unpaired) electrons. The minimum Gasteiger partial charge on any atom is -0.350 e. The van der Waals surface area contributed by atoms with Crippen LogP contribution >= 0.6 is 24.0 Å². The van der Waals surface area contributed by atoms with Gasteiger partial charge in [0.2, 0.25) is 0 Å². The van der Waals surface area contributed by atoms with Gasteiger partial charge in [-0.1, -0.05) is 23.7 Å². The number of aromatic amines is 1. The largest absolute Gasteiger partial charge is 0.350 e. The minimum atomic E-state index is -0.0913. The molecule has 0 spiro atoms. The van der Waals surface area contributed by atoms with Gasteiger partial charge in [-0.25, -0.2) is 0 Å². The van der Waals surface area contributed by atoms with Crippen molar-refractivity contribution in [2.24, 2.45) is 0 Å². The number of nitrogens with one attached hydrogen (secondary N) is 3. The van der Waals surface area contributed by atoms with E-state index in [1.54, 1.807) is 0 Å². The van der Waals surface area contributed by atoms with E-state index in [1.807, 2.05) is 12.1 Å². The number of carbonyl (C=O) groups excluding carboxylic acids is 1. The molecule has 1 aromatic heterocycles. The Balaban J connectivity index is 0.00000169. The van der Waals surface area contributed by atoms with E-state index in [-0.39, 0.29) is 23.7 Å². The summed E-state index contributed by atoms with van der Waals surface area (Å²) in [7, 11) is 0. The number of halogens is 2. The normalized spacial score (nSPS) is 17.5. The molecule has 128 valence electrons. The molecule has 1 fully saturated rings. The Kier molecular flexibility index (Phi) is 4.85. The quantitative estimate of drug-likeness (QED) is 0.778. The Morgan fingerprint density at radius 2 is 2.04 bits per heavy atom. The maximum atomic E-state index is 12.5. The number of aromatic nitrogens is 2. The third-order valence-corrected chi connectivity index (χ3v) is 5.17. The first-order chi connectivity index (χ1) is 11.2. The molecular weight excluding hydrogens is 347 g/mol. The molecule has 3 N–H and O–H groups in total. The Morgan fingerprint density at radius 1 is 1.29 bits per heavy atom. The number of hydrogen-bond acceptors (Lipinski definition) is 3. The highest BCUT2D eigenvalue weighted by Gasteiger charge is 2.44. The number of H-pyrrole nitrogens is 1. The second-order valence-corrected chi connectivity index (χ2v) is 6.86. The van der Waals surface area contributed by atoms with Gasteiger partial charge in [0.15, 0.2) is 5.69 Å². The van der Waals surface area contributed by atoms with E-state index in [1.165, 1.54) is 5.56 Å². The van der Waals surface area contributed by atoms with E-state index >= 15 is 0 Å². The van der Waals surface area contributed by atoms with Gasteiger partial charge in [-0.15, -0.1) is 12.4 Å². The number of nitrogens with zero attached hydrogens (tertiary/aromatic N) is 1. The Labute approximate surface area is 152 Å². The lowest BCUT2D eigenvalue weighted by Gasteiger charge is -2.17. The summed E-state index contributed by atoms with van der Waals surface area (Å²) < 4.78 is 0. The van der Waals surface area contributed by atoms with Crippen LogP contribution in [0.2, 0.25) is 5.02 Å². The van der Waals surface area contributed by atoms with Gasteiger partial charge in [0, 0.05) is 47.8 Å². The van der Waals surface area contributed by atoms with E-state index in [4.69, 9.17) is 11.6 Å². The molecule has 1 aliphatic carbocycles. The van der Waals surface area contributed by atoms with Crippen LogP contribution in [0.3, 0.4) is 0 Å². The van der Waals surface area contributed by atoms with E-state index in [0.717, 1.165) is 42.1 Å². The number of benzene rings is 1. The van der Waals surface area contributed by atoms with Crippen LogP contribution in [0.25, 0.3) is 0 Å². The monoisotopic (exact) mass is 366 g/mol. The average molecular weight is 367 g/mol. The Bertz CT molecular complexity index is 738. The molecule has 5 nitrogen and oxygen atoms in total. The smallest absolute Gasteiger partial charge is 0.272 e. The number of carbonyl (C=O) groups is 1. The zero-order valence-corrected chi connectivity index (χ0v) is 14.8. The molecule has 2 heterocycles. The van der Waals surface area contributed by atoms with Gasteiger partial charge in [0.1, 0.15) is 0 Å². The van der Waals surface area contributed by atoms with Crippen molar-refractivity contribution in [3.05, 3.63) is 51.8 Å². The zero-order valence-electron chi connectivity index (χ0n) is 13.2. The summed E-state index contributed by atoms with van der Waals surface area (Å²) in [5.41, 5.74) is 3.92. The molecule has 2 aromatic rings. The fourth-order valence-electron chi connectivity index (χ4n) is 3.27. The minimum absolute atomic E-state index is 0. The van der Waals surface area contributed by atoms with Crippen LogP contribution in [0.1, 0.15) is 40.2 Å². The molecule has 1 aromatic carbocycles. The van der Waals surface area contributed by atoms with Gasteiger partial charge >= 0.3 is 0 Å². The highest BCUT2D eigenvalue weighted by atomic mass is 35.5. The van der Waals surface area contributed by atoms with Gasteiger partial charge in [0.05, 0.1) is 0 Å². The van der Waals surface area contributed by atoms with Gasteiger partial charge in [-0.2, -0.15) is 5.10 Å². The van der Waals surface area contributed by atoms with E-state index in [0.29, 0.717) is 18.8 Å². The number of fused-ring (bicyclic) bond motifs is 1.